The van der Waals surface area contributed by atoms with Crippen molar-refractivity contribution in [2.75, 3.05) is 7.05 Å². The molecule has 3 rings (SSSR count). The number of nitrogens with zero attached hydrogens (tertiary/aromatic N) is 2. The lowest BCUT2D eigenvalue weighted by atomic mass is 10.0. The van der Waals surface area contributed by atoms with Crippen LogP contribution in [-0.2, 0) is 9.53 Å². The van der Waals surface area contributed by atoms with Gasteiger partial charge in [0.1, 0.15) is 16.4 Å². The predicted octanol–water partition coefficient (Wildman–Crippen LogP) is 1.55. The Morgan fingerprint density at radius 1 is 1.38 bits per heavy atom. The summed E-state index contributed by atoms with van der Waals surface area (Å²) in [5.74, 6) is -0.791. The van der Waals surface area contributed by atoms with Crippen molar-refractivity contribution in [3.8, 4) is 0 Å². The Kier molecular flexibility index (Phi) is 3.17. The standard InChI is InChI=1S/C13H10N2O5S/c1-14-9(6-15(18)19)21-11(12(14)16)10-7-4-2-3-5-8(7)13(17)20-10/h2-6,10-11H,1H3/b9-6-/t10-,11-/m0/s1. The number of cyclic esters (lactones) is 1. The van der Waals surface area contributed by atoms with Crippen LogP contribution in [-0.4, -0.2) is 34.0 Å². The molecule has 0 aromatic heterocycles. The van der Waals surface area contributed by atoms with E-state index in [0.29, 0.717) is 11.1 Å². The van der Waals surface area contributed by atoms with Gasteiger partial charge in [-0.1, -0.05) is 30.0 Å². The van der Waals surface area contributed by atoms with E-state index in [4.69, 9.17) is 4.74 Å². The van der Waals surface area contributed by atoms with E-state index in [1.54, 1.807) is 24.3 Å². The zero-order valence-electron chi connectivity index (χ0n) is 10.9. The third-order valence-electron chi connectivity index (χ3n) is 3.36. The molecule has 2 aliphatic rings. The van der Waals surface area contributed by atoms with Crippen LogP contribution >= 0.6 is 11.8 Å². The van der Waals surface area contributed by atoms with Crippen molar-refractivity contribution in [3.63, 3.8) is 0 Å². The van der Waals surface area contributed by atoms with E-state index < -0.39 is 22.2 Å². The maximum atomic E-state index is 12.3. The summed E-state index contributed by atoms with van der Waals surface area (Å²) >= 11 is 1.04. The fourth-order valence-corrected chi connectivity index (χ4v) is 3.60. The second kappa shape index (κ2) is 4.88. The summed E-state index contributed by atoms with van der Waals surface area (Å²) in [7, 11) is 1.47. The van der Waals surface area contributed by atoms with Crippen LogP contribution in [0.3, 0.4) is 0 Å². The van der Waals surface area contributed by atoms with Gasteiger partial charge in [-0.2, -0.15) is 0 Å². The van der Waals surface area contributed by atoms with Gasteiger partial charge in [-0.05, 0) is 6.07 Å². The Labute approximate surface area is 123 Å². The van der Waals surface area contributed by atoms with Gasteiger partial charge in [-0.15, -0.1) is 0 Å². The SMILES string of the molecule is CN1C(=O)[C@H]([C@H]2OC(=O)c3ccccc32)S/C1=C\[N+](=O)[O-]. The highest BCUT2D eigenvalue weighted by Crippen LogP contribution is 2.45. The zero-order chi connectivity index (χ0) is 15.1. The maximum absolute atomic E-state index is 12.3. The lowest BCUT2D eigenvalue weighted by Crippen LogP contribution is -2.29. The number of hydrogen-bond donors (Lipinski definition) is 0. The Balaban J connectivity index is 1.95. The molecule has 1 fully saturated rings. The molecule has 1 aromatic rings. The molecule has 0 radical (unpaired) electrons. The summed E-state index contributed by atoms with van der Waals surface area (Å²) in [6.45, 7) is 0. The molecular formula is C13H10N2O5S. The van der Waals surface area contributed by atoms with Crippen molar-refractivity contribution >= 4 is 23.6 Å². The molecule has 21 heavy (non-hydrogen) atoms. The number of amides is 1. The van der Waals surface area contributed by atoms with E-state index in [1.165, 1.54) is 11.9 Å². The second-order valence-corrected chi connectivity index (χ2v) is 5.76. The molecule has 8 heteroatoms. The summed E-state index contributed by atoms with van der Waals surface area (Å²) < 4.78 is 5.28. The van der Waals surface area contributed by atoms with Gasteiger partial charge in [-0.25, -0.2) is 4.79 Å². The first-order valence-corrected chi connectivity index (χ1v) is 6.96. The smallest absolute Gasteiger partial charge is 0.339 e. The largest absolute Gasteiger partial charge is 0.452 e. The minimum absolute atomic E-state index is 0.232. The average molecular weight is 306 g/mol. The Morgan fingerprint density at radius 3 is 2.81 bits per heavy atom. The molecule has 0 aliphatic carbocycles. The normalized spacial score (nSPS) is 26.1. The minimum Gasteiger partial charge on any atom is -0.452 e. The van der Waals surface area contributed by atoms with Crippen molar-refractivity contribution in [2.45, 2.75) is 11.4 Å². The summed E-state index contributed by atoms with van der Waals surface area (Å²) in [5.41, 5.74) is 1.08. The molecule has 2 heterocycles. The summed E-state index contributed by atoms with van der Waals surface area (Å²) in [6.07, 6.45) is 0.0666. The number of ether oxygens (including phenoxy) is 1. The van der Waals surface area contributed by atoms with Crippen LogP contribution in [0.15, 0.2) is 35.5 Å². The van der Waals surface area contributed by atoms with Crippen LogP contribution in [0.4, 0.5) is 0 Å². The Bertz CT molecular complexity index is 687. The average Bonchev–Trinajstić information content (AvgIpc) is 2.91. The highest BCUT2D eigenvalue weighted by atomic mass is 32.2. The van der Waals surface area contributed by atoms with Crippen LogP contribution < -0.4 is 0 Å². The first-order chi connectivity index (χ1) is 9.99. The molecule has 108 valence electrons. The van der Waals surface area contributed by atoms with Crippen molar-refractivity contribution in [1.82, 2.24) is 4.90 Å². The van der Waals surface area contributed by atoms with Gasteiger partial charge in [0.05, 0.1) is 10.5 Å². The van der Waals surface area contributed by atoms with Crippen molar-refractivity contribution in [3.05, 3.63) is 56.7 Å². The van der Waals surface area contributed by atoms with E-state index >= 15 is 0 Å². The van der Waals surface area contributed by atoms with Gasteiger partial charge >= 0.3 is 5.97 Å². The molecule has 0 spiro atoms. The number of hydrogen-bond acceptors (Lipinski definition) is 6. The first kappa shape index (κ1) is 13.6. The minimum atomic E-state index is -0.716. The Hall–Kier alpha value is -2.35. The molecule has 1 aromatic carbocycles. The van der Waals surface area contributed by atoms with Crippen molar-refractivity contribution < 1.29 is 19.2 Å². The summed E-state index contributed by atoms with van der Waals surface area (Å²) in [5, 5.41) is 10.1. The molecule has 1 amide bonds. The maximum Gasteiger partial charge on any atom is 0.339 e. The van der Waals surface area contributed by atoms with E-state index in [2.05, 4.69) is 0 Å². The van der Waals surface area contributed by atoms with Crippen LogP contribution in [0.2, 0.25) is 0 Å². The van der Waals surface area contributed by atoms with E-state index in [9.17, 15) is 19.7 Å². The van der Waals surface area contributed by atoms with Gasteiger partial charge in [0.2, 0.25) is 5.91 Å². The zero-order valence-corrected chi connectivity index (χ0v) is 11.7. The molecule has 2 aliphatic heterocycles. The van der Waals surface area contributed by atoms with Crippen molar-refractivity contribution in [1.29, 1.82) is 0 Å². The molecule has 7 nitrogen and oxygen atoms in total. The number of nitro groups is 1. The number of benzene rings is 1. The fraction of sp³-hybridized carbons (Fsp3) is 0.231. The first-order valence-electron chi connectivity index (χ1n) is 6.08. The third kappa shape index (κ3) is 2.17. The van der Waals surface area contributed by atoms with Gasteiger partial charge in [0.25, 0.3) is 6.20 Å². The number of thioether (sulfide) groups is 1. The second-order valence-electron chi connectivity index (χ2n) is 4.60. The molecule has 0 unspecified atom stereocenters. The van der Waals surface area contributed by atoms with Crippen LogP contribution in [0.25, 0.3) is 0 Å². The van der Waals surface area contributed by atoms with Crippen LogP contribution in [0.5, 0.6) is 0 Å². The van der Waals surface area contributed by atoms with Crippen LogP contribution in [0.1, 0.15) is 22.0 Å². The molecule has 2 atom stereocenters. The predicted molar refractivity (Wildman–Crippen MR) is 73.8 cm³/mol. The summed E-state index contributed by atoms with van der Waals surface area (Å²) in [4.78, 5) is 35.2. The third-order valence-corrected chi connectivity index (χ3v) is 4.69. The topological polar surface area (TPSA) is 89.8 Å². The highest BCUT2D eigenvalue weighted by Gasteiger charge is 2.47. The lowest BCUT2D eigenvalue weighted by molar-refractivity contribution is -0.403. The lowest BCUT2D eigenvalue weighted by Gasteiger charge is -2.15. The number of carbonyl (C=O) groups is 2. The van der Waals surface area contributed by atoms with Gasteiger partial charge in [0, 0.05) is 12.6 Å². The monoisotopic (exact) mass is 306 g/mol. The number of esters is 1. The van der Waals surface area contributed by atoms with E-state index in [-0.39, 0.29) is 10.9 Å². The molecular weight excluding hydrogens is 296 g/mol. The highest BCUT2D eigenvalue weighted by molar-refractivity contribution is 8.04. The van der Waals surface area contributed by atoms with Gasteiger partial charge in [0.15, 0.2) is 0 Å². The Morgan fingerprint density at radius 2 is 2.10 bits per heavy atom. The quantitative estimate of drug-likeness (QED) is 0.468. The molecule has 0 saturated carbocycles. The molecule has 1 saturated heterocycles. The fourth-order valence-electron chi connectivity index (χ4n) is 2.36. The van der Waals surface area contributed by atoms with E-state index in [0.717, 1.165) is 18.0 Å². The molecule has 0 N–H and O–H groups in total. The van der Waals surface area contributed by atoms with Gasteiger partial charge < -0.3 is 9.64 Å². The van der Waals surface area contributed by atoms with Crippen LogP contribution in [0, 0.1) is 10.1 Å². The van der Waals surface area contributed by atoms with E-state index in [1.807, 2.05) is 0 Å². The number of rotatable bonds is 2. The van der Waals surface area contributed by atoms with Gasteiger partial charge in [-0.3, -0.25) is 14.9 Å². The van der Waals surface area contributed by atoms with Crippen molar-refractivity contribution in [2.24, 2.45) is 0 Å². The number of carbonyl (C=O) groups excluding carboxylic acids is 2. The number of fused-ring (bicyclic) bond motifs is 1. The molecule has 0 bridgehead atoms. The summed E-state index contributed by atoms with van der Waals surface area (Å²) in [6, 6.07) is 6.85.